The van der Waals surface area contributed by atoms with Gasteiger partial charge >= 0.3 is 0 Å². The third-order valence-electron chi connectivity index (χ3n) is 2.59. The highest BCUT2D eigenvalue weighted by atomic mass is 32.2. The largest absolute Gasteiger partial charge is 0.391 e. The van der Waals surface area contributed by atoms with Crippen molar-refractivity contribution in [2.75, 3.05) is 6.54 Å². The summed E-state index contributed by atoms with van der Waals surface area (Å²) in [4.78, 5) is 4.77. The van der Waals surface area contributed by atoms with Crippen LogP contribution in [0.2, 0.25) is 0 Å². The molecule has 8 heteroatoms. The fraction of sp³-hybridized carbons (Fsp3) is 0.364. The van der Waals surface area contributed by atoms with Gasteiger partial charge < -0.3 is 5.11 Å². The predicted octanol–water partition coefficient (Wildman–Crippen LogP) is 1.78. The van der Waals surface area contributed by atoms with Gasteiger partial charge in [-0.1, -0.05) is 6.92 Å². The van der Waals surface area contributed by atoms with Gasteiger partial charge in [-0.05, 0) is 11.4 Å². The highest BCUT2D eigenvalue weighted by Crippen LogP contribution is 2.22. The molecule has 1 unspecified atom stereocenters. The number of aliphatic hydroxyl groups excluding tert-OH is 1. The van der Waals surface area contributed by atoms with Crippen molar-refractivity contribution in [1.82, 2.24) is 9.71 Å². The van der Waals surface area contributed by atoms with Gasteiger partial charge in [0.2, 0.25) is 10.0 Å². The van der Waals surface area contributed by atoms with Gasteiger partial charge in [0.05, 0.1) is 16.5 Å². The first-order valence-corrected chi connectivity index (χ1v) is 8.85. The Labute approximate surface area is 120 Å². The Morgan fingerprint density at radius 3 is 2.84 bits per heavy atom. The standard InChI is InChI=1S/C11H14N2O3S3/c1-8(11-12-3-5-18-11)6-13-19(15,16)10-2-4-17-9(10)7-14/h2-5,8,13-14H,6-7H2,1H3. The number of hydrogen-bond acceptors (Lipinski definition) is 6. The second-order valence-electron chi connectivity index (χ2n) is 3.99. The molecule has 104 valence electrons. The molecule has 19 heavy (non-hydrogen) atoms. The van der Waals surface area contributed by atoms with E-state index >= 15 is 0 Å². The molecule has 0 aliphatic carbocycles. The van der Waals surface area contributed by atoms with Crippen molar-refractivity contribution in [3.8, 4) is 0 Å². The van der Waals surface area contributed by atoms with Gasteiger partial charge in [0.25, 0.3) is 0 Å². The summed E-state index contributed by atoms with van der Waals surface area (Å²) >= 11 is 2.73. The first kappa shape index (κ1) is 14.6. The molecular formula is C11H14N2O3S3. The molecule has 1 atom stereocenters. The van der Waals surface area contributed by atoms with E-state index in [0.717, 1.165) is 5.01 Å². The highest BCUT2D eigenvalue weighted by molar-refractivity contribution is 7.89. The summed E-state index contributed by atoms with van der Waals surface area (Å²) in [5, 5.41) is 13.5. The summed E-state index contributed by atoms with van der Waals surface area (Å²) in [6.45, 7) is 1.94. The zero-order chi connectivity index (χ0) is 13.9. The Morgan fingerprint density at radius 1 is 1.42 bits per heavy atom. The molecule has 2 heterocycles. The molecular weight excluding hydrogens is 304 g/mol. The van der Waals surface area contributed by atoms with Crippen LogP contribution in [0.25, 0.3) is 0 Å². The van der Waals surface area contributed by atoms with E-state index in [1.165, 1.54) is 28.7 Å². The van der Waals surface area contributed by atoms with Gasteiger partial charge in [-0.3, -0.25) is 0 Å². The second kappa shape index (κ2) is 6.10. The molecule has 0 saturated heterocycles. The van der Waals surface area contributed by atoms with Crippen LogP contribution in [0.4, 0.5) is 0 Å². The number of nitrogens with zero attached hydrogens (tertiary/aromatic N) is 1. The summed E-state index contributed by atoms with van der Waals surface area (Å²) in [6.07, 6.45) is 1.70. The molecule has 0 fully saturated rings. The summed E-state index contributed by atoms with van der Waals surface area (Å²) in [5.41, 5.74) is 0. The van der Waals surface area contributed by atoms with E-state index in [-0.39, 0.29) is 24.0 Å². The molecule has 0 spiro atoms. The first-order valence-electron chi connectivity index (χ1n) is 5.61. The van der Waals surface area contributed by atoms with Gasteiger partial charge in [-0.15, -0.1) is 22.7 Å². The van der Waals surface area contributed by atoms with Gasteiger partial charge in [-0.2, -0.15) is 0 Å². The maximum atomic E-state index is 12.1. The molecule has 2 aromatic heterocycles. The number of aromatic nitrogens is 1. The summed E-state index contributed by atoms with van der Waals surface area (Å²) in [7, 11) is -3.57. The van der Waals surface area contributed by atoms with Crippen LogP contribution in [0, 0.1) is 0 Å². The Morgan fingerprint density at radius 2 is 2.21 bits per heavy atom. The van der Waals surface area contributed by atoms with E-state index in [1.807, 2.05) is 12.3 Å². The number of sulfonamides is 1. The number of thiazole rings is 1. The van der Waals surface area contributed by atoms with Crippen molar-refractivity contribution in [2.45, 2.75) is 24.3 Å². The van der Waals surface area contributed by atoms with E-state index in [9.17, 15) is 8.42 Å². The van der Waals surface area contributed by atoms with E-state index in [0.29, 0.717) is 4.88 Å². The van der Waals surface area contributed by atoms with Crippen LogP contribution in [-0.2, 0) is 16.6 Å². The summed E-state index contributed by atoms with van der Waals surface area (Å²) in [5.74, 6) is 0.0194. The van der Waals surface area contributed by atoms with Gasteiger partial charge in [-0.25, -0.2) is 18.1 Å². The van der Waals surface area contributed by atoms with Gasteiger partial charge in [0.15, 0.2) is 0 Å². The van der Waals surface area contributed by atoms with E-state index in [1.54, 1.807) is 11.6 Å². The fourth-order valence-electron chi connectivity index (χ4n) is 1.56. The lowest BCUT2D eigenvalue weighted by Gasteiger charge is -2.10. The Bertz CT molecular complexity index is 619. The van der Waals surface area contributed by atoms with Crippen molar-refractivity contribution in [1.29, 1.82) is 0 Å². The lowest BCUT2D eigenvalue weighted by molar-refractivity contribution is 0.282. The molecule has 0 amide bonds. The second-order valence-corrected chi connectivity index (χ2v) is 7.65. The molecule has 2 aromatic rings. The van der Waals surface area contributed by atoms with Crippen molar-refractivity contribution in [2.24, 2.45) is 0 Å². The zero-order valence-corrected chi connectivity index (χ0v) is 12.7. The number of rotatable bonds is 6. The van der Waals surface area contributed by atoms with Gasteiger partial charge in [0, 0.05) is 28.9 Å². The van der Waals surface area contributed by atoms with Crippen LogP contribution in [0.15, 0.2) is 27.9 Å². The van der Waals surface area contributed by atoms with Crippen molar-refractivity contribution in [3.63, 3.8) is 0 Å². The first-order chi connectivity index (χ1) is 9.04. The van der Waals surface area contributed by atoms with Crippen LogP contribution < -0.4 is 4.72 Å². The third-order valence-corrected chi connectivity index (χ3v) is 6.14. The minimum Gasteiger partial charge on any atom is -0.391 e. The maximum Gasteiger partial charge on any atom is 0.241 e. The lowest BCUT2D eigenvalue weighted by atomic mass is 10.2. The van der Waals surface area contributed by atoms with Crippen LogP contribution in [-0.4, -0.2) is 25.1 Å². The molecule has 0 aliphatic rings. The quantitative estimate of drug-likeness (QED) is 0.851. The van der Waals surface area contributed by atoms with Crippen molar-refractivity contribution >= 4 is 32.7 Å². The molecule has 5 nitrogen and oxygen atoms in total. The highest BCUT2D eigenvalue weighted by Gasteiger charge is 2.20. The SMILES string of the molecule is CC(CNS(=O)(=O)c1ccsc1CO)c1nccs1. The van der Waals surface area contributed by atoms with E-state index in [2.05, 4.69) is 9.71 Å². The summed E-state index contributed by atoms with van der Waals surface area (Å²) < 4.78 is 26.8. The topological polar surface area (TPSA) is 79.3 Å². The molecule has 2 N–H and O–H groups in total. The van der Waals surface area contributed by atoms with Crippen LogP contribution >= 0.6 is 22.7 Å². The normalized spacial score (nSPS) is 13.6. The molecule has 0 bridgehead atoms. The zero-order valence-electron chi connectivity index (χ0n) is 10.2. The minimum absolute atomic E-state index is 0.0194. The maximum absolute atomic E-state index is 12.1. The molecule has 0 saturated carbocycles. The minimum atomic E-state index is -3.57. The van der Waals surface area contributed by atoms with Crippen molar-refractivity contribution in [3.05, 3.63) is 32.9 Å². The van der Waals surface area contributed by atoms with Crippen LogP contribution in [0.3, 0.4) is 0 Å². The molecule has 2 rings (SSSR count). The average Bonchev–Trinajstić information content (AvgIpc) is 3.06. The van der Waals surface area contributed by atoms with Crippen molar-refractivity contribution < 1.29 is 13.5 Å². The Kier molecular flexibility index (Phi) is 4.69. The lowest BCUT2D eigenvalue weighted by Crippen LogP contribution is -2.28. The van der Waals surface area contributed by atoms with E-state index < -0.39 is 10.0 Å². The Balaban J connectivity index is 2.06. The average molecular weight is 318 g/mol. The fourth-order valence-corrected chi connectivity index (χ4v) is 4.68. The van der Waals surface area contributed by atoms with Crippen LogP contribution in [0.5, 0.6) is 0 Å². The number of nitrogens with one attached hydrogen (secondary N) is 1. The monoisotopic (exact) mass is 318 g/mol. The van der Waals surface area contributed by atoms with Crippen LogP contribution in [0.1, 0.15) is 22.7 Å². The predicted molar refractivity (Wildman–Crippen MR) is 76.0 cm³/mol. The molecule has 0 radical (unpaired) electrons. The number of aliphatic hydroxyl groups is 1. The van der Waals surface area contributed by atoms with E-state index in [4.69, 9.17) is 5.11 Å². The summed E-state index contributed by atoms with van der Waals surface area (Å²) in [6, 6.07) is 1.51. The number of thiophene rings is 1. The smallest absolute Gasteiger partial charge is 0.241 e. The molecule has 0 aliphatic heterocycles. The number of hydrogen-bond donors (Lipinski definition) is 2. The van der Waals surface area contributed by atoms with Gasteiger partial charge in [0.1, 0.15) is 0 Å². The Hall–Kier alpha value is -0.800. The molecule has 0 aromatic carbocycles. The third kappa shape index (κ3) is 3.40.